The smallest absolute Gasteiger partial charge is 0.453 e. The lowest BCUT2D eigenvalue weighted by molar-refractivity contribution is -0.0558. The van der Waals surface area contributed by atoms with Crippen LogP contribution in [0.3, 0.4) is 0 Å². The second-order valence-corrected chi connectivity index (χ2v) is 18.5. The third-order valence-electron chi connectivity index (χ3n) is 9.67. The van der Waals surface area contributed by atoms with E-state index >= 15 is 0 Å². The van der Waals surface area contributed by atoms with Gasteiger partial charge in [-0.3, -0.25) is 18.2 Å². The maximum Gasteiger partial charge on any atom is 0.490 e. The molecule has 0 aliphatic carbocycles. The number of fused-ring (bicyclic) bond motifs is 2. The minimum absolute atomic E-state index is 0.0183. The minimum Gasteiger partial charge on any atom is -0.453 e. The van der Waals surface area contributed by atoms with E-state index in [1.54, 1.807) is 24.3 Å². The Bertz CT molecular complexity index is 2860. The van der Waals surface area contributed by atoms with Gasteiger partial charge >= 0.3 is 35.4 Å². The summed E-state index contributed by atoms with van der Waals surface area (Å²) in [6.45, 7) is -2.19. The van der Waals surface area contributed by atoms with Crippen LogP contribution in [0.15, 0.2) is 86.0 Å². The molecule has 2 aromatic carbocycles. The fourth-order valence-electron chi connectivity index (χ4n) is 6.74. The molecule has 2 aliphatic rings. The van der Waals surface area contributed by atoms with Crippen molar-refractivity contribution in [2.24, 2.45) is 0 Å². The molecule has 2 fully saturated rings. The first kappa shape index (κ1) is 45.9. The maximum atomic E-state index is 13.1. The first-order valence-electron chi connectivity index (χ1n) is 18.7. The predicted octanol–water partition coefficient (Wildman–Crippen LogP) is 1.17. The molecule has 344 valence electrons. The molecule has 65 heavy (non-hydrogen) atoms. The van der Waals surface area contributed by atoms with Crippen molar-refractivity contribution in [3.8, 4) is 0 Å². The van der Waals surface area contributed by atoms with Crippen LogP contribution in [-0.2, 0) is 50.3 Å². The number of nitrogens with two attached hydrogens (primary N) is 2. The first-order chi connectivity index (χ1) is 30.9. The Morgan fingerprint density at radius 2 is 1.05 bits per heavy atom. The Morgan fingerprint density at radius 3 is 1.55 bits per heavy atom. The number of aromatic nitrogens is 8. The van der Waals surface area contributed by atoms with Gasteiger partial charge in [-0.15, -0.1) is 0 Å². The highest BCUT2D eigenvalue weighted by Crippen LogP contribution is 2.68. The Hall–Kier alpha value is -5.67. The number of hydrogen-bond donors (Lipinski definition) is 7. The van der Waals surface area contributed by atoms with Gasteiger partial charge in [0.2, 0.25) is 0 Å². The highest BCUT2D eigenvalue weighted by atomic mass is 31.3. The number of nitrogens with zero attached hydrogens (tertiary/aromatic N) is 8. The molecule has 0 saturated carbocycles. The molecular formula is C34H35N10O18P3. The number of phosphoric acid groups is 3. The fraction of sp³-hybridized carbons (Fsp3) is 0.294. The van der Waals surface area contributed by atoms with Crippen LogP contribution in [0, 0.1) is 0 Å². The van der Waals surface area contributed by atoms with Crippen molar-refractivity contribution in [3.63, 3.8) is 0 Å². The average molecular weight is 965 g/mol. The lowest BCUT2D eigenvalue weighted by Crippen LogP contribution is -2.38. The maximum absolute atomic E-state index is 13.1. The Balaban J connectivity index is 0.929. The highest BCUT2D eigenvalue weighted by molar-refractivity contribution is 7.66. The van der Waals surface area contributed by atoms with Gasteiger partial charge < -0.3 is 55.3 Å². The van der Waals surface area contributed by atoms with E-state index in [0.29, 0.717) is 0 Å². The number of rotatable bonds is 16. The van der Waals surface area contributed by atoms with Gasteiger partial charge in [0.15, 0.2) is 47.6 Å². The van der Waals surface area contributed by atoms with Gasteiger partial charge in [-0.2, -0.15) is 8.62 Å². The molecule has 11 atom stereocenters. The van der Waals surface area contributed by atoms with Crippen LogP contribution in [-0.4, -0.2) is 126 Å². The largest absolute Gasteiger partial charge is 0.490 e. The van der Waals surface area contributed by atoms with Gasteiger partial charge in [0, 0.05) is 0 Å². The molecule has 2 saturated heterocycles. The summed E-state index contributed by atoms with van der Waals surface area (Å²) in [6, 6.07) is 15.2. The van der Waals surface area contributed by atoms with Gasteiger partial charge in [0.05, 0.1) is 37.0 Å². The summed E-state index contributed by atoms with van der Waals surface area (Å²) >= 11 is 0. The predicted molar refractivity (Wildman–Crippen MR) is 214 cm³/mol. The Labute approximate surface area is 363 Å². The summed E-state index contributed by atoms with van der Waals surface area (Å²) in [5.74, 6) is -1.90. The van der Waals surface area contributed by atoms with Crippen LogP contribution < -0.4 is 11.5 Å². The molecule has 4 aromatic heterocycles. The minimum atomic E-state index is -6.10. The first-order valence-corrected chi connectivity index (χ1v) is 23.1. The van der Waals surface area contributed by atoms with Crippen molar-refractivity contribution in [1.29, 1.82) is 0 Å². The van der Waals surface area contributed by atoms with Crippen LogP contribution >= 0.6 is 23.5 Å². The molecular weight excluding hydrogens is 929 g/mol. The number of nitrogen functional groups attached to an aromatic ring is 2. The van der Waals surface area contributed by atoms with E-state index in [2.05, 4.69) is 38.5 Å². The van der Waals surface area contributed by atoms with Crippen molar-refractivity contribution < 1.29 is 84.8 Å². The number of ether oxygens (including phenoxy) is 4. The van der Waals surface area contributed by atoms with Gasteiger partial charge in [0.1, 0.15) is 48.1 Å². The number of phosphoric ester groups is 2. The SMILES string of the molecule is Nc1ncnc2c1ncn2[C@@H]1O[C@H](COP(=O)(O)OP(=O)(O)OP(=O)(O)OC[C@H]2O[C@H](n3cnc4c(N)ncnc43)[C@@H](O)[C@H]2OC(=O)c2ccccc2)[C@@H](O)[C@H]1OC(=O)c1ccccc1. The second-order valence-electron chi connectivity index (χ2n) is 13.9. The van der Waals surface area contributed by atoms with Gasteiger partial charge in [-0.05, 0) is 24.3 Å². The number of benzene rings is 2. The quantitative estimate of drug-likeness (QED) is 0.0528. The monoisotopic (exact) mass is 964 g/mol. The summed E-state index contributed by atoms with van der Waals surface area (Å²) in [4.78, 5) is 81.5. The standard InChI is InChI=1S/C34H35N10O18P3/c35-27-21-29(39-13-37-27)43(15-41-21)31-24(46)25(59-33(47)17-7-3-1-4-8-17)20(58-31)12-56-64(51,52)62-65(53,54)61-63(49,50)55-11-19-23(45)26(60-34(48)18-9-5-2-6-10-18)32(57-19)44-16-42-22-28(36)38-14-40-30(22)44/h1-10,13-16,19-20,23-26,31-32,45-46H,11-12H2,(H,49,50)(H,51,52)(H,53,54)(H2,35,37,39)(H2,36,38,40)/t19-,20-,23-,24+,25+,26-,31+,32-/m1/s1. The third kappa shape index (κ3) is 9.96. The molecule has 6 heterocycles. The molecule has 0 amide bonds. The summed E-state index contributed by atoms with van der Waals surface area (Å²) in [5.41, 5.74) is 12.3. The number of carbonyl (C=O) groups is 2. The van der Waals surface area contributed by atoms with E-state index in [0.717, 1.165) is 12.7 Å². The molecule has 0 bridgehead atoms. The van der Waals surface area contributed by atoms with E-state index in [1.165, 1.54) is 58.2 Å². The van der Waals surface area contributed by atoms with Gasteiger partial charge in [-0.25, -0.2) is 53.2 Å². The van der Waals surface area contributed by atoms with Crippen LogP contribution in [0.4, 0.5) is 11.6 Å². The molecule has 8 rings (SSSR count). The lowest BCUT2D eigenvalue weighted by Gasteiger charge is -2.22. The summed E-state index contributed by atoms with van der Waals surface area (Å²) in [7, 11) is -17.7. The molecule has 0 spiro atoms. The van der Waals surface area contributed by atoms with Crippen molar-refractivity contribution in [3.05, 3.63) is 97.1 Å². The lowest BCUT2D eigenvalue weighted by atomic mass is 10.1. The zero-order valence-electron chi connectivity index (χ0n) is 32.7. The molecule has 2 aliphatic heterocycles. The van der Waals surface area contributed by atoms with E-state index in [4.69, 9.17) is 39.5 Å². The number of imidazole rings is 2. The van der Waals surface area contributed by atoms with E-state index in [9.17, 15) is 48.2 Å². The van der Waals surface area contributed by atoms with Crippen LogP contribution in [0.2, 0.25) is 0 Å². The van der Waals surface area contributed by atoms with Crippen molar-refractivity contribution in [2.45, 2.75) is 49.1 Å². The zero-order valence-corrected chi connectivity index (χ0v) is 35.4. The number of aliphatic hydroxyl groups is 2. The zero-order chi connectivity index (χ0) is 46.3. The second kappa shape index (κ2) is 18.3. The van der Waals surface area contributed by atoms with Crippen molar-refractivity contribution >= 4 is 69.4 Å². The van der Waals surface area contributed by atoms with E-state index in [-0.39, 0.29) is 45.1 Å². The van der Waals surface area contributed by atoms with Crippen molar-refractivity contribution in [2.75, 3.05) is 24.7 Å². The van der Waals surface area contributed by atoms with Crippen LogP contribution in [0.25, 0.3) is 22.3 Å². The normalized spacial score (nSPS) is 26.0. The third-order valence-corrected chi connectivity index (χ3v) is 13.9. The number of anilines is 2. The summed E-state index contributed by atoms with van der Waals surface area (Å²) < 4.78 is 82.3. The molecule has 6 aromatic rings. The summed E-state index contributed by atoms with van der Waals surface area (Å²) in [5, 5.41) is 22.6. The van der Waals surface area contributed by atoms with E-state index < -0.39 is 97.7 Å². The number of hydrogen-bond acceptors (Lipinski definition) is 23. The van der Waals surface area contributed by atoms with E-state index in [1.807, 2.05) is 0 Å². The topological polar surface area (TPSA) is 400 Å². The molecule has 28 nitrogen and oxygen atoms in total. The highest BCUT2D eigenvalue weighted by Gasteiger charge is 2.52. The van der Waals surface area contributed by atoms with Crippen molar-refractivity contribution in [1.82, 2.24) is 39.0 Å². The number of carbonyl (C=O) groups excluding carboxylic acids is 2. The number of esters is 2. The Kier molecular flexibility index (Phi) is 12.9. The van der Waals surface area contributed by atoms with Gasteiger partial charge in [0.25, 0.3) is 0 Å². The molecule has 0 radical (unpaired) electrons. The molecule has 31 heteroatoms. The van der Waals surface area contributed by atoms with Crippen LogP contribution in [0.1, 0.15) is 33.2 Å². The average Bonchev–Trinajstić information content (AvgIpc) is 4.04. The Morgan fingerprint density at radius 1 is 0.600 bits per heavy atom. The molecule has 3 unspecified atom stereocenters. The number of aliphatic hydroxyl groups excluding tert-OH is 2. The van der Waals surface area contributed by atoms with Crippen LogP contribution in [0.5, 0.6) is 0 Å². The molecule has 9 N–H and O–H groups in total. The summed E-state index contributed by atoms with van der Waals surface area (Å²) in [6.07, 6.45) is -8.31. The van der Waals surface area contributed by atoms with Gasteiger partial charge in [-0.1, -0.05) is 36.4 Å². The fourth-order valence-corrected chi connectivity index (χ4v) is 10.3.